The van der Waals surface area contributed by atoms with E-state index in [2.05, 4.69) is 21.6 Å². The average Bonchev–Trinajstić information content (AvgIpc) is 2.41. The van der Waals surface area contributed by atoms with Gasteiger partial charge in [0.1, 0.15) is 13.2 Å². The van der Waals surface area contributed by atoms with Gasteiger partial charge in [0.25, 0.3) is 0 Å². The van der Waals surface area contributed by atoms with Crippen LogP contribution in [0.1, 0.15) is 10.5 Å². The van der Waals surface area contributed by atoms with Crippen LogP contribution >= 0.6 is 0 Å². The van der Waals surface area contributed by atoms with Gasteiger partial charge in [-0.05, 0) is 6.07 Å². The fraction of sp³-hybridized carbons (Fsp3) is 0.250. The van der Waals surface area contributed by atoms with Gasteiger partial charge in [0.15, 0.2) is 5.69 Å². The SMILES string of the molecule is C=CCOC(=O)NCCOc1cccc(C(=O)O)n1. The van der Waals surface area contributed by atoms with Crippen LogP contribution in [0.2, 0.25) is 0 Å². The van der Waals surface area contributed by atoms with Gasteiger partial charge in [-0.1, -0.05) is 18.7 Å². The molecule has 1 aromatic heterocycles. The lowest BCUT2D eigenvalue weighted by atomic mass is 10.3. The number of carboxylic acids is 1. The molecule has 0 fully saturated rings. The minimum Gasteiger partial charge on any atom is -0.477 e. The standard InChI is InChI=1S/C12H14N2O5/c1-2-7-19-12(17)13-6-8-18-10-5-3-4-9(14-10)11(15)16/h2-5H,1,6-8H2,(H,13,17)(H,15,16). The minimum atomic E-state index is -1.13. The highest BCUT2D eigenvalue weighted by atomic mass is 16.5. The fourth-order valence-corrected chi connectivity index (χ4v) is 1.11. The second-order valence-corrected chi connectivity index (χ2v) is 3.33. The summed E-state index contributed by atoms with van der Waals surface area (Å²) >= 11 is 0. The summed E-state index contributed by atoms with van der Waals surface area (Å²) in [5.74, 6) is -0.947. The molecule has 0 unspecified atom stereocenters. The molecule has 7 heteroatoms. The summed E-state index contributed by atoms with van der Waals surface area (Å²) in [5.41, 5.74) is -0.101. The largest absolute Gasteiger partial charge is 0.477 e. The molecule has 1 amide bonds. The lowest BCUT2D eigenvalue weighted by molar-refractivity contribution is 0.0689. The number of carbonyl (C=O) groups is 2. The van der Waals surface area contributed by atoms with Crippen LogP contribution in [-0.2, 0) is 4.74 Å². The van der Waals surface area contributed by atoms with Crippen molar-refractivity contribution in [3.63, 3.8) is 0 Å². The quantitative estimate of drug-likeness (QED) is 0.566. The molecular weight excluding hydrogens is 252 g/mol. The van der Waals surface area contributed by atoms with Gasteiger partial charge in [0, 0.05) is 6.07 Å². The van der Waals surface area contributed by atoms with Crippen LogP contribution in [0.25, 0.3) is 0 Å². The minimum absolute atomic E-state index is 0.101. The summed E-state index contributed by atoms with van der Waals surface area (Å²) in [6.45, 7) is 3.91. The molecule has 1 aromatic rings. The van der Waals surface area contributed by atoms with Crippen LogP contribution in [0, 0.1) is 0 Å². The molecule has 0 radical (unpaired) electrons. The lowest BCUT2D eigenvalue weighted by Gasteiger charge is -2.07. The fourth-order valence-electron chi connectivity index (χ4n) is 1.11. The number of aromatic carboxylic acids is 1. The van der Waals surface area contributed by atoms with Crippen molar-refractivity contribution in [3.05, 3.63) is 36.5 Å². The first-order chi connectivity index (χ1) is 9.13. The summed E-state index contributed by atoms with van der Waals surface area (Å²) in [4.78, 5) is 25.5. The van der Waals surface area contributed by atoms with Gasteiger partial charge in [-0.2, -0.15) is 0 Å². The van der Waals surface area contributed by atoms with Crippen molar-refractivity contribution in [2.75, 3.05) is 19.8 Å². The van der Waals surface area contributed by atoms with Gasteiger partial charge in [-0.3, -0.25) is 0 Å². The van der Waals surface area contributed by atoms with Crippen molar-refractivity contribution < 1.29 is 24.2 Å². The first-order valence-corrected chi connectivity index (χ1v) is 5.48. The molecule has 0 saturated carbocycles. The summed E-state index contributed by atoms with van der Waals surface area (Å²) < 4.78 is 9.86. The highest BCUT2D eigenvalue weighted by molar-refractivity contribution is 5.85. The normalized spacial score (nSPS) is 9.47. The van der Waals surface area contributed by atoms with E-state index < -0.39 is 12.1 Å². The van der Waals surface area contributed by atoms with Crippen LogP contribution in [0.15, 0.2) is 30.9 Å². The zero-order valence-electron chi connectivity index (χ0n) is 10.2. The highest BCUT2D eigenvalue weighted by Gasteiger charge is 2.05. The molecule has 0 saturated heterocycles. The first kappa shape index (κ1) is 14.5. The second kappa shape index (κ2) is 7.70. The molecule has 0 aliphatic carbocycles. The van der Waals surface area contributed by atoms with E-state index in [4.69, 9.17) is 9.84 Å². The third kappa shape index (κ3) is 5.53. The Hall–Kier alpha value is -2.57. The van der Waals surface area contributed by atoms with Gasteiger partial charge in [0.05, 0.1) is 6.54 Å². The lowest BCUT2D eigenvalue weighted by Crippen LogP contribution is -2.28. The van der Waals surface area contributed by atoms with Gasteiger partial charge in [-0.15, -0.1) is 0 Å². The molecule has 1 heterocycles. The zero-order chi connectivity index (χ0) is 14.1. The number of pyridine rings is 1. The Morgan fingerprint density at radius 1 is 1.47 bits per heavy atom. The molecule has 0 aromatic carbocycles. The molecule has 0 spiro atoms. The van der Waals surface area contributed by atoms with E-state index in [1.807, 2.05) is 0 Å². The van der Waals surface area contributed by atoms with E-state index >= 15 is 0 Å². The molecule has 1 rings (SSSR count). The molecule has 0 atom stereocenters. The number of ether oxygens (including phenoxy) is 2. The monoisotopic (exact) mass is 266 g/mol. The maximum atomic E-state index is 11.0. The van der Waals surface area contributed by atoms with Crippen LogP contribution in [0.3, 0.4) is 0 Å². The van der Waals surface area contributed by atoms with E-state index in [0.717, 1.165) is 0 Å². The van der Waals surface area contributed by atoms with Crippen LogP contribution < -0.4 is 10.1 Å². The third-order valence-electron chi connectivity index (χ3n) is 1.90. The van der Waals surface area contributed by atoms with Gasteiger partial charge in [-0.25, -0.2) is 14.6 Å². The van der Waals surface area contributed by atoms with Crippen molar-refractivity contribution in [1.29, 1.82) is 0 Å². The van der Waals surface area contributed by atoms with Crippen molar-refractivity contribution in [3.8, 4) is 5.88 Å². The van der Waals surface area contributed by atoms with Crippen LogP contribution in [-0.4, -0.2) is 41.9 Å². The van der Waals surface area contributed by atoms with Gasteiger partial charge in [0.2, 0.25) is 5.88 Å². The molecule has 0 aliphatic heterocycles. The smallest absolute Gasteiger partial charge is 0.407 e. The Morgan fingerprint density at radius 2 is 2.26 bits per heavy atom. The van der Waals surface area contributed by atoms with Crippen LogP contribution in [0.4, 0.5) is 4.79 Å². The molecule has 102 valence electrons. The number of nitrogens with zero attached hydrogens (tertiary/aromatic N) is 1. The summed E-state index contributed by atoms with van der Waals surface area (Å²) in [6.07, 6.45) is 0.882. The molecule has 0 aliphatic rings. The topological polar surface area (TPSA) is 97.8 Å². The van der Waals surface area contributed by atoms with E-state index in [9.17, 15) is 9.59 Å². The number of nitrogens with one attached hydrogen (secondary N) is 1. The summed E-state index contributed by atoms with van der Waals surface area (Å²) in [6, 6.07) is 4.42. The number of hydrogen-bond donors (Lipinski definition) is 2. The number of carboxylic acid groups (broad SMARTS) is 1. The summed E-state index contributed by atoms with van der Waals surface area (Å²) in [7, 11) is 0. The number of aromatic nitrogens is 1. The zero-order valence-corrected chi connectivity index (χ0v) is 10.2. The Bertz CT molecular complexity index is 461. The van der Waals surface area contributed by atoms with E-state index in [1.165, 1.54) is 24.3 Å². The van der Waals surface area contributed by atoms with Gasteiger partial charge < -0.3 is 19.9 Å². The number of rotatable bonds is 7. The molecular formula is C12H14N2O5. The Balaban J connectivity index is 2.29. The maximum absolute atomic E-state index is 11.0. The number of alkyl carbamates (subject to hydrolysis) is 1. The number of carbonyl (C=O) groups excluding carboxylic acids is 1. The molecule has 19 heavy (non-hydrogen) atoms. The third-order valence-corrected chi connectivity index (χ3v) is 1.90. The van der Waals surface area contributed by atoms with Crippen molar-refractivity contribution >= 4 is 12.1 Å². The number of hydrogen-bond acceptors (Lipinski definition) is 5. The highest BCUT2D eigenvalue weighted by Crippen LogP contribution is 2.07. The maximum Gasteiger partial charge on any atom is 0.407 e. The van der Waals surface area contributed by atoms with E-state index in [1.54, 1.807) is 0 Å². The first-order valence-electron chi connectivity index (χ1n) is 5.48. The van der Waals surface area contributed by atoms with Crippen LogP contribution in [0.5, 0.6) is 5.88 Å². The van der Waals surface area contributed by atoms with Crippen molar-refractivity contribution in [2.24, 2.45) is 0 Å². The van der Waals surface area contributed by atoms with E-state index in [0.29, 0.717) is 0 Å². The predicted molar refractivity (Wildman–Crippen MR) is 66.2 cm³/mol. The Labute approximate surface area is 109 Å². The Morgan fingerprint density at radius 3 is 2.95 bits per heavy atom. The van der Waals surface area contributed by atoms with Crippen molar-refractivity contribution in [1.82, 2.24) is 10.3 Å². The Kier molecular flexibility index (Phi) is 5.87. The van der Waals surface area contributed by atoms with Gasteiger partial charge >= 0.3 is 12.1 Å². The van der Waals surface area contributed by atoms with Crippen molar-refractivity contribution in [2.45, 2.75) is 0 Å². The summed E-state index contributed by atoms with van der Waals surface area (Å²) in [5, 5.41) is 11.2. The molecule has 2 N–H and O–H groups in total. The second-order valence-electron chi connectivity index (χ2n) is 3.33. The molecule has 0 bridgehead atoms. The van der Waals surface area contributed by atoms with E-state index in [-0.39, 0.29) is 31.3 Å². The molecule has 7 nitrogen and oxygen atoms in total. The number of amides is 1. The predicted octanol–water partition coefficient (Wildman–Crippen LogP) is 1.07. The average molecular weight is 266 g/mol.